The first-order valence-electron chi connectivity index (χ1n) is 7.99. The zero-order chi connectivity index (χ0) is 16.1. The average molecular weight is 337 g/mol. The molecule has 24 heavy (non-hydrogen) atoms. The molecule has 0 radical (unpaired) electrons. The molecule has 1 unspecified atom stereocenters. The van der Waals surface area contributed by atoms with E-state index >= 15 is 0 Å². The Morgan fingerprint density at radius 1 is 1.12 bits per heavy atom. The van der Waals surface area contributed by atoms with Gasteiger partial charge in [0.25, 0.3) is 0 Å². The van der Waals surface area contributed by atoms with Crippen LogP contribution >= 0.6 is 11.3 Å². The van der Waals surface area contributed by atoms with Gasteiger partial charge >= 0.3 is 0 Å². The number of hydrogen-bond donors (Lipinski definition) is 2. The maximum absolute atomic E-state index is 12.4. The van der Waals surface area contributed by atoms with E-state index in [0.29, 0.717) is 17.0 Å². The summed E-state index contributed by atoms with van der Waals surface area (Å²) in [6.45, 7) is 1.92. The lowest BCUT2D eigenvalue weighted by Gasteiger charge is -2.03. The van der Waals surface area contributed by atoms with Gasteiger partial charge in [-0.25, -0.2) is 9.97 Å². The molecule has 1 aliphatic heterocycles. The summed E-state index contributed by atoms with van der Waals surface area (Å²) < 4.78 is 0. The third-order valence-corrected chi connectivity index (χ3v) is 5.74. The molecule has 4 heterocycles. The van der Waals surface area contributed by atoms with E-state index in [1.807, 2.05) is 24.3 Å². The SMILES string of the molecule is O=C(Nc1nc2ccc(-c3ccncc3)nc2s1)C1[C@H]2CNC[C@@H]12. The lowest BCUT2D eigenvalue weighted by Crippen LogP contribution is -2.23. The van der Waals surface area contributed by atoms with Crippen LogP contribution in [-0.4, -0.2) is 33.9 Å². The van der Waals surface area contributed by atoms with E-state index in [4.69, 9.17) is 0 Å². The van der Waals surface area contributed by atoms with Gasteiger partial charge in [-0.1, -0.05) is 11.3 Å². The fourth-order valence-corrected chi connectivity index (χ4v) is 4.39. The van der Waals surface area contributed by atoms with Crippen LogP contribution in [0, 0.1) is 17.8 Å². The lowest BCUT2D eigenvalue weighted by atomic mass is 10.2. The molecule has 1 saturated carbocycles. The molecule has 5 rings (SSSR count). The van der Waals surface area contributed by atoms with Crippen molar-refractivity contribution >= 4 is 32.7 Å². The second-order valence-electron chi connectivity index (χ2n) is 6.28. The Balaban J connectivity index is 1.39. The molecule has 1 aliphatic carbocycles. The normalized spacial score (nSPS) is 24.8. The highest BCUT2D eigenvalue weighted by Gasteiger charge is 2.56. The van der Waals surface area contributed by atoms with E-state index in [1.54, 1.807) is 12.4 Å². The number of hydrogen-bond acceptors (Lipinski definition) is 6. The number of amides is 1. The second-order valence-corrected chi connectivity index (χ2v) is 7.25. The number of fused-ring (bicyclic) bond motifs is 2. The van der Waals surface area contributed by atoms with Gasteiger partial charge in [-0.05, 0) is 49.2 Å². The molecule has 3 aromatic rings. The molecular weight excluding hydrogens is 322 g/mol. The Bertz CT molecular complexity index is 915. The molecule has 120 valence electrons. The summed E-state index contributed by atoms with van der Waals surface area (Å²) in [5, 5.41) is 6.91. The zero-order valence-electron chi connectivity index (χ0n) is 12.8. The highest BCUT2D eigenvalue weighted by Crippen LogP contribution is 2.49. The molecular formula is C17H15N5OS. The summed E-state index contributed by atoms with van der Waals surface area (Å²) in [4.78, 5) is 26.4. The van der Waals surface area contributed by atoms with Gasteiger partial charge in [-0.15, -0.1) is 0 Å². The number of pyridine rings is 2. The number of thiazole rings is 1. The summed E-state index contributed by atoms with van der Waals surface area (Å²) in [5.74, 6) is 1.27. The van der Waals surface area contributed by atoms with Gasteiger partial charge in [0, 0.05) is 23.9 Å². The van der Waals surface area contributed by atoms with Crippen LogP contribution in [0.2, 0.25) is 0 Å². The zero-order valence-corrected chi connectivity index (χ0v) is 13.6. The standard InChI is InChI=1S/C17H15N5OS/c23-15(14-10-7-19-8-11(10)14)22-17-21-13-2-1-12(20-16(13)24-17)9-3-5-18-6-4-9/h1-6,10-11,14,19H,7-8H2,(H,21,22,23)/t10-,11+,14?. The average Bonchev–Trinajstić information content (AvgIpc) is 2.95. The third kappa shape index (κ3) is 2.28. The molecule has 0 bridgehead atoms. The van der Waals surface area contributed by atoms with Crippen LogP contribution in [0.15, 0.2) is 36.7 Å². The molecule has 3 atom stereocenters. The fourth-order valence-electron chi connectivity index (χ4n) is 3.55. The van der Waals surface area contributed by atoms with Crippen LogP contribution in [-0.2, 0) is 4.79 Å². The largest absolute Gasteiger partial charge is 0.316 e. The van der Waals surface area contributed by atoms with Crippen molar-refractivity contribution < 1.29 is 4.79 Å². The van der Waals surface area contributed by atoms with Gasteiger partial charge in [0.2, 0.25) is 5.91 Å². The van der Waals surface area contributed by atoms with Gasteiger partial charge < -0.3 is 10.6 Å². The fraction of sp³-hybridized carbons (Fsp3) is 0.294. The predicted molar refractivity (Wildman–Crippen MR) is 92.6 cm³/mol. The summed E-state index contributed by atoms with van der Waals surface area (Å²) in [6.07, 6.45) is 3.50. The van der Waals surface area contributed by atoms with Gasteiger partial charge in [-0.2, -0.15) is 0 Å². The van der Waals surface area contributed by atoms with Gasteiger partial charge in [-0.3, -0.25) is 9.78 Å². The van der Waals surface area contributed by atoms with Crippen LogP contribution in [0.5, 0.6) is 0 Å². The summed E-state index contributed by atoms with van der Waals surface area (Å²) in [7, 11) is 0. The summed E-state index contributed by atoms with van der Waals surface area (Å²) >= 11 is 1.42. The minimum absolute atomic E-state index is 0.0971. The first-order chi connectivity index (χ1) is 11.8. The minimum Gasteiger partial charge on any atom is -0.316 e. The number of anilines is 1. The van der Waals surface area contributed by atoms with Crippen molar-refractivity contribution in [3.63, 3.8) is 0 Å². The van der Waals surface area contributed by atoms with E-state index in [9.17, 15) is 4.79 Å². The monoisotopic (exact) mass is 337 g/mol. The molecule has 1 saturated heterocycles. The van der Waals surface area contributed by atoms with Crippen molar-refractivity contribution in [2.75, 3.05) is 18.4 Å². The molecule has 2 aliphatic rings. The molecule has 2 fully saturated rings. The van der Waals surface area contributed by atoms with Crippen molar-refractivity contribution in [2.45, 2.75) is 0 Å². The first kappa shape index (κ1) is 14.0. The van der Waals surface area contributed by atoms with Crippen molar-refractivity contribution in [1.29, 1.82) is 0 Å². The van der Waals surface area contributed by atoms with E-state index in [1.165, 1.54) is 11.3 Å². The number of aromatic nitrogens is 3. The Kier molecular flexibility index (Phi) is 3.11. The topological polar surface area (TPSA) is 79.8 Å². The molecule has 3 aromatic heterocycles. The molecule has 0 aromatic carbocycles. The number of nitrogens with zero attached hydrogens (tertiary/aromatic N) is 3. The van der Waals surface area contributed by atoms with Crippen LogP contribution in [0.1, 0.15) is 0 Å². The Hall–Kier alpha value is -2.38. The highest BCUT2D eigenvalue weighted by atomic mass is 32.1. The third-order valence-electron chi connectivity index (χ3n) is 4.86. The van der Waals surface area contributed by atoms with Gasteiger partial charge in [0.05, 0.1) is 5.69 Å². The Morgan fingerprint density at radius 3 is 2.71 bits per heavy atom. The maximum Gasteiger partial charge on any atom is 0.229 e. The van der Waals surface area contributed by atoms with Crippen molar-refractivity contribution in [2.24, 2.45) is 17.8 Å². The van der Waals surface area contributed by atoms with E-state index in [-0.39, 0.29) is 11.8 Å². The van der Waals surface area contributed by atoms with E-state index in [2.05, 4.69) is 25.6 Å². The smallest absolute Gasteiger partial charge is 0.229 e. The number of piperidine rings is 1. The van der Waals surface area contributed by atoms with Crippen molar-refractivity contribution in [3.05, 3.63) is 36.7 Å². The number of nitrogens with one attached hydrogen (secondary N) is 2. The molecule has 2 N–H and O–H groups in total. The Labute approximate surface area is 142 Å². The van der Waals surface area contributed by atoms with Gasteiger partial charge in [0.1, 0.15) is 10.3 Å². The highest BCUT2D eigenvalue weighted by molar-refractivity contribution is 7.22. The molecule has 0 spiro atoms. The summed E-state index contributed by atoms with van der Waals surface area (Å²) in [6, 6.07) is 7.75. The minimum atomic E-state index is 0.0971. The van der Waals surface area contributed by atoms with Crippen molar-refractivity contribution in [1.82, 2.24) is 20.3 Å². The van der Waals surface area contributed by atoms with Crippen LogP contribution in [0.25, 0.3) is 21.6 Å². The number of rotatable bonds is 3. The maximum atomic E-state index is 12.4. The molecule has 7 heteroatoms. The predicted octanol–water partition coefficient (Wildman–Crippen LogP) is 2.16. The van der Waals surface area contributed by atoms with Crippen LogP contribution < -0.4 is 10.6 Å². The number of carbonyl (C=O) groups is 1. The first-order valence-corrected chi connectivity index (χ1v) is 8.81. The quantitative estimate of drug-likeness (QED) is 0.765. The van der Waals surface area contributed by atoms with E-state index < -0.39 is 0 Å². The summed E-state index contributed by atoms with van der Waals surface area (Å²) in [5.41, 5.74) is 2.71. The molecule has 1 amide bonds. The number of carbonyl (C=O) groups excluding carboxylic acids is 1. The van der Waals surface area contributed by atoms with Crippen LogP contribution in [0.3, 0.4) is 0 Å². The van der Waals surface area contributed by atoms with E-state index in [0.717, 1.165) is 34.7 Å². The second kappa shape index (κ2) is 5.32. The van der Waals surface area contributed by atoms with Crippen molar-refractivity contribution in [3.8, 4) is 11.3 Å². The Morgan fingerprint density at radius 2 is 1.92 bits per heavy atom. The van der Waals surface area contributed by atoms with Gasteiger partial charge in [0.15, 0.2) is 5.13 Å². The van der Waals surface area contributed by atoms with Crippen LogP contribution in [0.4, 0.5) is 5.13 Å². The molecule has 6 nitrogen and oxygen atoms in total. The lowest BCUT2D eigenvalue weighted by molar-refractivity contribution is -0.118.